The van der Waals surface area contributed by atoms with Crippen LogP contribution >= 0.6 is 0 Å². The standard InChI is InChI=1S/2C17H20N2O/c2*1-18(2)15-9-5-13(6-10-15)17(20)14-7-11-16(12-8-14)19(3)4/h2*5-12H,1-4H3. The number of carbonyl (C=O) groups is 2. The SMILES string of the molecule is CN(C)c1ccc(C(=O)c2ccc(N(C)C)cc2)cc1.CN(C)c1ccc(C(=O)c2ccc(N(C)C)cc2)cc1. The third-order valence-electron chi connectivity index (χ3n) is 6.58. The summed E-state index contributed by atoms with van der Waals surface area (Å²) in [5.41, 5.74) is 7.21. The van der Waals surface area contributed by atoms with Crippen LogP contribution < -0.4 is 19.6 Å². The van der Waals surface area contributed by atoms with Crippen LogP contribution in [0.1, 0.15) is 31.8 Å². The minimum absolute atomic E-state index is 0.0561. The van der Waals surface area contributed by atoms with Crippen LogP contribution in [-0.2, 0) is 0 Å². The van der Waals surface area contributed by atoms with Crippen molar-refractivity contribution >= 4 is 34.3 Å². The molecule has 0 radical (unpaired) electrons. The molecule has 0 heterocycles. The number of hydrogen-bond donors (Lipinski definition) is 0. The third-order valence-corrected chi connectivity index (χ3v) is 6.58. The van der Waals surface area contributed by atoms with Crippen molar-refractivity contribution in [3.8, 4) is 0 Å². The van der Waals surface area contributed by atoms with Crippen molar-refractivity contribution in [1.29, 1.82) is 0 Å². The van der Waals surface area contributed by atoms with E-state index in [1.165, 1.54) is 0 Å². The summed E-state index contributed by atoms with van der Waals surface area (Å²) in [4.78, 5) is 32.8. The van der Waals surface area contributed by atoms with Crippen molar-refractivity contribution in [3.63, 3.8) is 0 Å². The molecule has 0 spiro atoms. The average molecular weight is 537 g/mol. The van der Waals surface area contributed by atoms with Crippen LogP contribution in [0, 0.1) is 0 Å². The fourth-order valence-corrected chi connectivity index (χ4v) is 3.98. The molecule has 0 aliphatic carbocycles. The fraction of sp³-hybridized carbons (Fsp3) is 0.235. The lowest BCUT2D eigenvalue weighted by atomic mass is 10.0. The molecule has 0 amide bonds. The average Bonchev–Trinajstić information content (AvgIpc) is 2.97. The number of rotatable bonds is 8. The van der Waals surface area contributed by atoms with Crippen molar-refractivity contribution in [1.82, 2.24) is 0 Å². The van der Waals surface area contributed by atoms with Gasteiger partial charge >= 0.3 is 0 Å². The van der Waals surface area contributed by atoms with Gasteiger partial charge in [-0.15, -0.1) is 0 Å². The second-order valence-corrected chi connectivity index (χ2v) is 10.4. The van der Waals surface area contributed by atoms with E-state index in [0.29, 0.717) is 22.3 Å². The zero-order valence-corrected chi connectivity index (χ0v) is 24.8. The zero-order chi connectivity index (χ0) is 29.4. The van der Waals surface area contributed by atoms with E-state index >= 15 is 0 Å². The number of ketones is 2. The molecule has 4 aromatic carbocycles. The maximum atomic E-state index is 12.4. The highest BCUT2D eigenvalue weighted by Crippen LogP contribution is 2.19. The Labute approximate surface area is 239 Å². The Balaban J connectivity index is 0.000000220. The summed E-state index contributed by atoms with van der Waals surface area (Å²) in [6.07, 6.45) is 0. The van der Waals surface area contributed by atoms with E-state index in [1.807, 2.05) is 173 Å². The number of benzene rings is 4. The lowest BCUT2D eigenvalue weighted by Crippen LogP contribution is -2.10. The summed E-state index contributed by atoms with van der Waals surface area (Å²) in [5, 5.41) is 0. The van der Waals surface area contributed by atoms with Gasteiger partial charge in [0.25, 0.3) is 0 Å². The lowest BCUT2D eigenvalue weighted by Gasteiger charge is -2.13. The van der Waals surface area contributed by atoms with Gasteiger partial charge < -0.3 is 19.6 Å². The fourth-order valence-electron chi connectivity index (χ4n) is 3.98. The van der Waals surface area contributed by atoms with Crippen LogP contribution in [0.4, 0.5) is 22.7 Å². The van der Waals surface area contributed by atoms with Crippen LogP contribution in [-0.4, -0.2) is 67.9 Å². The molecule has 0 bridgehead atoms. The zero-order valence-electron chi connectivity index (χ0n) is 24.8. The predicted octanol–water partition coefficient (Wildman–Crippen LogP) is 6.10. The minimum atomic E-state index is 0.0561. The Morgan fingerprint density at radius 2 is 0.475 bits per heavy atom. The minimum Gasteiger partial charge on any atom is -0.378 e. The van der Waals surface area contributed by atoms with Gasteiger partial charge in [0.1, 0.15) is 0 Å². The normalized spacial score (nSPS) is 10.2. The maximum absolute atomic E-state index is 12.4. The van der Waals surface area contributed by atoms with E-state index in [4.69, 9.17) is 0 Å². The lowest BCUT2D eigenvalue weighted by molar-refractivity contribution is 0.103. The van der Waals surface area contributed by atoms with E-state index in [1.54, 1.807) is 0 Å². The third kappa shape index (κ3) is 7.73. The Morgan fingerprint density at radius 1 is 0.325 bits per heavy atom. The molecule has 0 aliphatic heterocycles. The molecular formula is C34H40N4O2. The van der Waals surface area contributed by atoms with Gasteiger partial charge in [-0.1, -0.05) is 0 Å². The number of anilines is 4. The molecule has 0 aromatic heterocycles. The molecule has 0 aliphatic rings. The van der Waals surface area contributed by atoms with Crippen LogP contribution in [0.5, 0.6) is 0 Å². The number of nitrogens with zero attached hydrogens (tertiary/aromatic N) is 4. The Hall–Kier alpha value is -4.58. The molecule has 208 valence electrons. The first kappa shape index (κ1) is 30.0. The summed E-state index contributed by atoms with van der Waals surface area (Å²) in [5.74, 6) is 0.112. The van der Waals surface area contributed by atoms with Gasteiger partial charge in [0.2, 0.25) is 0 Å². The molecule has 0 atom stereocenters. The molecule has 4 rings (SSSR count). The van der Waals surface area contributed by atoms with Crippen LogP contribution in [0.3, 0.4) is 0 Å². The van der Waals surface area contributed by atoms with Crippen LogP contribution in [0.2, 0.25) is 0 Å². The highest BCUT2D eigenvalue weighted by Gasteiger charge is 2.11. The van der Waals surface area contributed by atoms with Crippen molar-refractivity contribution in [2.45, 2.75) is 0 Å². The topological polar surface area (TPSA) is 47.1 Å². The molecule has 0 saturated carbocycles. The summed E-state index contributed by atoms with van der Waals surface area (Å²) < 4.78 is 0. The Morgan fingerprint density at radius 3 is 0.600 bits per heavy atom. The van der Waals surface area contributed by atoms with Gasteiger partial charge in [-0.25, -0.2) is 0 Å². The van der Waals surface area contributed by atoms with E-state index < -0.39 is 0 Å². The summed E-state index contributed by atoms with van der Waals surface area (Å²) in [6.45, 7) is 0. The smallest absolute Gasteiger partial charge is 0.193 e. The molecule has 0 fully saturated rings. The number of carbonyl (C=O) groups excluding carboxylic acids is 2. The molecule has 6 heteroatoms. The molecule has 0 unspecified atom stereocenters. The summed E-state index contributed by atoms with van der Waals surface area (Å²) in [7, 11) is 15.9. The first-order chi connectivity index (χ1) is 19.0. The predicted molar refractivity (Wildman–Crippen MR) is 170 cm³/mol. The highest BCUT2D eigenvalue weighted by atomic mass is 16.1. The Kier molecular flexibility index (Phi) is 10.1. The molecule has 4 aromatic rings. The van der Waals surface area contributed by atoms with Gasteiger partial charge in [0, 0.05) is 101 Å². The van der Waals surface area contributed by atoms with Gasteiger partial charge in [0.05, 0.1) is 0 Å². The van der Waals surface area contributed by atoms with Crippen molar-refractivity contribution in [2.75, 3.05) is 76.0 Å². The van der Waals surface area contributed by atoms with Crippen molar-refractivity contribution in [2.24, 2.45) is 0 Å². The van der Waals surface area contributed by atoms with Gasteiger partial charge in [-0.05, 0) is 97.1 Å². The second kappa shape index (κ2) is 13.5. The van der Waals surface area contributed by atoms with E-state index in [9.17, 15) is 9.59 Å². The van der Waals surface area contributed by atoms with Gasteiger partial charge in [0.15, 0.2) is 11.6 Å². The van der Waals surface area contributed by atoms with E-state index in [2.05, 4.69) is 0 Å². The highest BCUT2D eigenvalue weighted by molar-refractivity contribution is 6.09. The summed E-state index contributed by atoms with van der Waals surface area (Å²) in [6, 6.07) is 30.7. The van der Waals surface area contributed by atoms with Crippen LogP contribution in [0.25, 0.3) is 0 Å². The van der Waals surface area contributed by atoms with Crippen molar-refractivity contribution in [3.05, 3.63) is 119 Å². The quantitative estimate of drug-likeness (QED) is 0.254. The van der Waals surface area contributed by atoms with Gasteiger partial charge in [-0.3, -0.25) is 9.59 Å². The summed E-state index contributed by atoms with van der Waals surface area (Å²) >= 11 is 0. The molecule has 0 saturated heterocycles. The first-order valence-corrected chi connectivity index (χ1v) is 13.2. The molecule has 40 heavy (non-hydrogen) atoms. The maximum Gasteiger partial charge on any atom is 0.193 e. The van der Waals surface area contributed by atoms with E-state index in [0.717, 1.165) is 22.7 Å². The van der Waals surface area contributed by atoms with E-state index in [-0.39, 0.29) is 11.6 Å². The number of hydrogen-bond acceptors (Lipinski definition) is 6. The molecular weight excluding hydrogens is 496 g/mol. The van der Waals surface area contributed by atoms with Crippen LogP contribution in [0.15, 0.2) is 97.1 Å². The monoisotopic (exact) mass is 536 g/mol. The first-order valence-electron chi connectivity index (χ1n) is 13.2. The van der Waals surface area contributed by atoms with Crippen molar-refractivity contribution < 1.29 is 9.59 Å². The second-order valence-electron chi connectivity index (χ2n) is 10.4. The Bertz CT molecular complexity index is 1170. The molecule has 6 nitrogen and oxygen atoms in total. The molecule has 0 N–H and O–H groups in total. The largest absolute Gasteiger partial charge is 0.378 e. The van der Waals surface area contributed by atoms with Gasteiger partial charge in [-0.2, -0.15) is 0 Å².